The number of nitrogens with zero attached hydrogens (tertiary/aromatic N) is 1. The Hall–Kier alpha value is -1.63. The molecule has 1 aliphatic rings. The van der Waals surface area contributed by atoms with Crippen molar-refractivity contribution in [2.45, 2.75) is 25.7 Å². The molecule has 1 heterocycles. The van der Waals surface area contributed by atoms with Gasteiger partial charge >= 0.3 is 11.9 Å². The first kappa shape index (κ1) is 16.4. The van der Waals surface area contributed by atoms with E-state index < -0.39 is 5.97 Å². The lowest BCUT2D eigenvalue weighted by molar-refractivity contribution is -0.147. The third-order valence-electron chi connectivity index (χ3n) is 3.38. The highest BCUT2D eigenvalue weighted by atomic mass is 16.5. The Kier molecular flexibility index (Phi) is 7.00. The molecule has 20 heavy (non-hydrogen) atoms. The number of methoxy groups -OCH3 is 1. The normalized spacial score (nSPS) is 16.6. The van der Waals surface area contributed by atoms with Crippen LogP contribution in [-0.2, 0) is 19.1 Å². The SMILES string of the molecule is COC(=O)C1CCN(CC(=O)NCCCC(=O)O)CC1. The lowest BCUT2D eigenvalue weighted by Gasteiger charge is -2.29. The Morgan fingerprint density at radius 1 is 1.30 bits per heavy atom. The van der Waals surface area contributed by atoms with Crippen LogP contribution in [0.4, 0.5) is 0 Å². The molecule has 0 aromatic carbocycles. The maximum absolute atomic E-state index is 11.6. The maximum Gasteiger partial charge on any atom is 0.308 e. The fourth-order valence-electron chi connectivity index (χ4n) is 2.22. The van der Waals surface area contributed by atoms with Crippen LogP contribution in [0, 0.1) is 5.92 Å². The van der Waals surface area contributed by atoms with E-state index in [-0.39, 0.29) is 24.2 Å². The molecule has 1 rings (SSSR count). The number of likely N-dealkylation sites (tertiary alicyclic amines) is 1. The number of esters is 1. The summed E-state index contributed by atoms with van der Waals surface area (Å²) in [6.45, 7) is 2.06. The summed E-state index contributed by atoms with van der Waals surface area (Å²) in [7, 11) is 1.39. The van der Waals surface area contributed by atoms with Crippen LogP contribution in [-0.4, -0.2) is 61.1 Å². The van der Waals surface area contributed by atoms with Gasteiger partial charge in [0.1, 0.15) is 0 Å². The summed E-state index contributed by atoms with van der Waals surface area (Å²) >= 11 is 0. The van der Waals surface area contributed by atoms with Crippen LogP contribution >= 0.6 is 0 Å². The van der Waals surface area contributed by atoms with Crippen molar-refractivity contribution in [3.63, 3.8) is 0 Å². The van der Waals surface area contributed by atoms with Crippen molar-refractivity contribution in [3.05, 3.63) is 0 Å². The van der Waals surface area contributed by atoms with E-state index in [1.807, 2.05) is 4.90 Å². The van der Waals surface area contributed by atoms with Crippen molar-refractivity contribution in [3.8, 4) is 0 Å². The molecule has 0 unspecified atom stereocenters. The predicted molar refractivity (Wildman–Crippen MR) is 71.1 cm³/mol. The van der Waals surface area contributed by atoms with E-state index in [1.165, 1.54) is 7.11 Å². The van der Waals surface area contributed by atoms with Crippen LogP contribution in [0.25, 0.3) is 0 Å². The predicted octanol–water partition coefficient (Wildman–Crippen LogP) is -0.148. The quantitative estimate of drug-likeness (QED) is 0.499. The molecule has 0 aromatic heterocycles. The van der Waals surface area contributed by atoms with Crippen molar-refractivity contribution in [1.82, 2.24) is 10.2 Å². The van der Waals surface area contributed by atoms with Crippen molar-refractivity contribution in [2.75, 3.05) is 33.3 Å². The number of piperidine rings is 1. The second kappa shape index (κ2) is 8.52. The second-order valence-corrected chi connectivity index (χ2v) is 4.92. The fourth-order valence-corrected chi connectivity index (χ4v) is 2.22. The number of carbonyl (C=O) groups excluding carboxylic acids is 2. The number of carboxylic acids is 1. The standard InChI is InChI=1S/C13H22N2O5/c1-20-13(19)10-4-7-15(8-5-10)9-11(16)14-6-2-3-12(17)18/h10H,2-9H2,1H3,(H,14,16)(H,17,18). The summed E-state index contributed by atoms with van der Waals surface area (Å²) in [6.07, 6.45) is 1.91. The van der Waals surface area contributed by atoms with Crippen molar-refractivity contribution < 1.29 is 24.2 Å². The van der Waals surface area contributed by atoms with E-state index in [0.29, 0.717) is 45.4 Å². The number of carbonyl (C=O) groups is 3. The molecule has 1 aliphatic heterocycles. The molecule has 1 fully saturated rings. The van der Waals surface area contributed by atoms with Crippen LogP contribution in [0.1, 0.15) is 25.7 Å². The average molecular weight is 286 g/mol. The van der Waals surface area contributed by atoms with Gasteiger partial charge in [0.25, 0.3) is 0 Å². The fraction of sp³-hybridized carbons (Fsp3) is 0.769. The zero-order valence-electron chi connectivity index (χ0n) is 11.8. The van der Waals surface area contributed by atoms with E-state index >= 15 is 0 Å². The topological polar surface area (TPSA) is 95.9 Å². The zero-order chi connectivity index (χ0) is 15.0. The maximum atomic E-state index is 11.6. The van der Waals surface area contributed by atoms with Crippen molar-refractivity contribution in [1.29, 1.82) is 0 Å². The van der Waals surface area contributed by atoms with E-state index in [0.717, 1.165) is 0 Å². The minimum absolute atomic E-state index is 0.0603. The number of rotatable bonds is 7. The highest BCUT2D eigenvalue weighted by Crippen LogP contribution is 2.17. The van der Waals surface area contributed by atoms with Gasteiger partial charge in [-0.2, -0.15) is 0 Å². The largest absolute Gasteiger partial charge is 0.481 e. The van der Waals surface area contributed by atoms with Gasteiger partial charge in [-0.3, -0.25) is 19.3 Å². The van der Waals surface area contributed by atoms with Gasteiger partial charge in [0, 0.05) is 13.0 Å². The minimum atomic E-state index is -0.857. The monoisotopic (exact) mass is 286 g/mol. The molecule has 0 atom stereocenters. The summed E-state index contributed by atoms with van der Waals surface area (Å²) < 4.78 is 4.71. The number of ether oxygens (including phenoxy) is 1. The number of aliphatic carboxylic acids is 1. The lowest BCUT2D eigenvalue weighted by atomic mass is 9.97. The van der Waals surface area contributed by atoms with Crippen LogP contribution in [0.5, 0.6) is 0 Å². The van der Waals surface area contributed by atoms with Crippen LogP contribution in [0.15, 0.2) is 0 Å². The molecule has 0 bridgehead atoms. The molecule has 0 saturated carbocycles. The summed E-state index contributed by atoms with van der Waals surface area (Å²) in [5, 5.41) is 11.2. The molecule has 0 spiro atoms. The van der Waals surface area contributed by atoms with Gasteiger partial charge in [-0.25, -0.2) is 0 Å². The molecule has 7 nitrogen and oxygen atoms in total. The Morgan fingerprint density at radius 2 is 1.95 bits per heavy atom. The molecular weight excluding hydrogens is 264 g/mol. The lowest BCUT2D eigenvalue weighted by Crippen LogP contribution is -2.43. The van der Waals surface area contributed by atoms with Gasteiger partial charge in [-0.05, 0) is 32.4 Å². The van der Waals surface area contributed by atoms with Crippen LogP contribution in [0.3, 0.4) is 0 Å². The smallest absolute Gasteiger partial charge is 0.308 e. The summed E-state index contributed by atoms with van der Waals surface area (Å²) in [5.74, 6) is -1.20. The van der Waals surface area contributed by atoms with E-state index in [4.69, 9.17) is 9.84 Å². The Balaban J connectivity index is 2.15. The van der Waals surface area contributed by atoms with Crippen molar-refractivity contribution in [2.24, 2.45) is 5.92 Å². The summed E-state index contributed by atoms with van der Waals surface area (Å²) in [5.41, 5.74) is 0. The third-order valence-corrected chi connectivity index (χ3v) is 3.38. The first-order valence-electron chi connectivity index (χ1n) is 6.81. The zero-order valence-corrected chi connectivity index (χ0v) is 11.8. The second-order valence-electron chi connectivity index (χ2n) is 4.92. The van der Waals surface area contributed by atoms with Gasteiger partial charge in [0.2, 0.25) is 5.91 Å². The van der Waals surface area contributed by atoms with Gasteiger partial charge < -0.3 is 15.2 Å². The Bertz CT molecular complexity index is 351. The van der Waals surface area contributed by atoms with E-state index in [9.17, 15) is 14.4 Å². The molecule has 0 radical (unpaired) electrons. The number of hydrogen-bond donors (Lipinski definition) is 2. The molecule has 7 heteroatoms. The van der Waals surface area contributed by atoms with Crippen molar-refractivity contribution >= 4 is 17.8 Å². The molecule has 1 amide bonds. The third kappa shape index (κ3) is 6.01. The van der Waals surface area contributed by atoms with Gasteiger partial charge in [0.15, 0.2) is 0 Å². The van der Waals surface area contributed by atoms with E-state index in [2.05, 4.69) is 5.32 Å². The van der Waals surface area contributed by atoms with Crippen LogP contribution < -0.4 is 5.32 Å². The minimum Gasteiger partial charge on any atom is -0.481 e. The number of hydrogen-bond acceptors (Lipinski definition) is 5. The molecule has 114 valence electrons. The number of nitrogens with one attached hydrogen (secondary N) is 1. The molecule has 1 saturated heterocycles. The number of carboxylic acid groups (broad SMARTS) is 1. The number of amides is 1. The first-order valence-corrected chi connectivity index (χ1v) is 6.81. The molecular formula is C13H22N2O5. The highest BCUT2D eigenvalue weighted by Gasteiger charge is 2.26. The Morgan fingerprint density at radius 3 is 2.50 bits per heavy atom. The van der Waals surface area contributed by atoms with Gasteiger partial charge in [0.05, 0.1) is 19.6 Å². The molecule has 2 N–H and O–H groups in total. The van der Waals surface area contributed by atoms with Gasteiger partial charge in [-0.1, -0.05) is 0 Å². The van der Waals surface area contributed by atoms with Gasteiger partial charge in [-0.15, -0.1) is 0 Å². The molecule has 0 aromatic rings. The molecule has 0 aliphatic carbocycles. The summed E-state index contributed by atoms with van der Waals surface area (Å²) in [4.78, 5) is 35.3. The Labute approximate surface area is 118 Å². The first-order chi connectivity index (χ1) is 9.52. The summed E-state index contributed by atoms with van der Waals surface area (Å²) in [6, 6.07) is 0. The van der Waals surface area contributed by atoms with E-state index in [1.54, 1.807) is 0 Å². The highest BCUT2D eigenvalue weighted by molar-refractivity contribution is 5.78. The van der Waals surface area contributed by atoms with Crippen LogP contribution in [0.2, 0.25) is 0 Å². The average Bonchev–Trinajstić information content (AvgIpc) is 2.43.